The van der Waals surface area contributed by atoms with Gasteiger partial charge in [-0.2, -0.15) is 0 Å². The van der Waals surface area contributed by atoms with Crippen molar-refractivity contribution >= 4 is 23.0 Å². The van der Waals surface area contributed by atoms with Crippen LogP contribution in [0.4, 0.5) is 0 Å². The van der Waals surface area contributed by atoms with Crippen molar-refractivity contribution in [2.45, 2.75) is 20.8 Å². The van der Waals surface area contributed by atoms with Gasteiger partial charge in [-0.15, -0.1) is 11.3 Å². The molecule has 0 aliphatic carbocycles. The highest BCUT2D eigenvalue weighted by molar-refractivity contribution is 7.17. The summed E-state index contributed by atoms with van der Waals surface area (Å²) >= 11 is 1.64. The van der Waals surface area contributed by atoms with Gasteiger partial charge in [-0.25, -0.2) is 4.79 Å². The Morgan fingerprint density at radius 1 is 1.18 bits per heavy atom. The van der Waals surface area contributed by atoms with E-state index in [0.717, 1.165) is 10.6 Å². The number of nitrogens with zero attached hydrogens (tertiary/aromatic N) is 1. The van der Waals surface area contributed by atoms with Gasteiger partial charge in [0.2, 0.25) is 6.61 Å². The number of carbonyl (C=O) groups is 1. The Bertz CT molecular complexity index is 659. The number of ether oxygens (including phenoxy) is 1. The summed E-state index contributed by atoms with van der Waals surface area (Å²) in [5.74, 6) is -0.412. The summed E-state index contributed by atoms with van der Waals surface area (Å²) in [5, 5.41) is 3.96. The molecule has 0 aliphatic heterocycles. The molecule has 0 bridgehead atoms. The van der Waals surface area contributed by atoms with E-state index in [1.807, 2.05) is 13.0 Å². The van der Waals surface area contributed by atoms with Gasteiger partial charge in [0.25, 0.3) is 0 Å². The number of benzene rings is 1. The fourth-order valence-corrected chi connectivity index (χ4v) is 2.78. The van der Waals surface area contributed by atoms with Crippen LogP contribution in [0.2, 0.25) is 0 Å². The lowest BCUT2D eigenvalue weighted by molar-refractivity contribution is -0.148. The van der Waals surface area contributed by atoms with E-state index >= 15 is 0 Å². The van der Waals surface area contributed by atoms with Crippen molar-refractivity contribution in [1.82, 2.24) is 0 Å². The van der Waals surface area contributed by atoms with E-state index in [-0.39, 0.29) is 6.61 Å². The third-order valence-electron chi connectivity index (χ3n) is 2.99. The Morgan fingerprint density at radius 3 is 2.59 bits per heavy atom. The number of aryl methyl sites for hydroxylation is 1. The molecule has 116 valence electrons. The minimum atomic E-state index is -0.412. The molecule has 1 aromatic carbocycles. The molecule has 22 heavy (non-hydrogen) atoms. The first-order valence-electron chi connectivity index (χ1n) is 7.09. The fourth-order valence-electron chi connectivity index (χ4n) is 1.83. The number of carbonyl (C=O) groups excluding carboxylic acids is 1. The molecule has 0 N–H and O–H groups in total. The molecule has 0 fully saturated rings. The van der Waals surface area contributed by atoms with Gasteiger partial charge >= 0.3 is 5.97 Å². The zero-order chi connectivity index (χ0) is 15.9. The summed E-state index contributed by atoms with van der Waals surface area (Å²) < 4.78 is 4.77. The lowest BCUT2D eigenvalue weighted by Crippen LogP contribution is -2.10. The van der Waals surface area contributed by atoms with Crippen LogP contribution in [-0.4, -0.2) is 24.9 Å². The van der Waals surface area contributed by atoms with Crippen LogP contribution in [0.25, 0.3) is 10.4 Å². The van der Waals surface area contributed by atoms with Gasteiger partial charge in [-0.3, -0.25) is 0 Å². The van der Waals surface area contributed by atoms with E-state index in [1.165, 1.54) is 16.0 Å². The molecule has 0 radical (unpaired) electrons. The van der Waals surface area contributed by atoms with Gasteiger partial charge in [-0.1, -0.05) is 35.0 Å². The Kier molecular flexibility index (Phi) is 5.72. The van der Waals surface area contributed by atoms with Gasteiger partial charge < -0.3 is 9.57 Å². The monoisotopic (exact) mass is 317 g/mol. The number of oxime groups is 1. The molecule has 0 spiro atoms. The van der Waals surface area contributed by atoms with Crippen LogP contribution < -0.4 is 0 Å². The second-order valence-corrected chi connectivity index (χ2v) is 5.87. The van der Waals surface area contributed by atoms with Crippen LogP contribution in [0.1, 0.15) is 24.3 Å². The SMILES string of the molecule is CCOC(=O)CO/N=C(/C)c1ccc(-c2ccc(C)cc2)s1. The third-order valence-corrected chi connectivity index (χ3v) is 4.23. The number of hydrogen-bond acceptors (Lipinski definition) is 5. The fraction of sp³-hybridized carbons (Fsp3) is 0.294. The van der Waals surface area contributed by atoms with E-state index in [9.17, 15) is 4.79 Å². The molecule has 0 saturated carbocycles. The van der Waals surface area contributed by atoms with Crippen molar-refractivity contribution in [1.29, 1.82) is 0 Å². The number of rotatable bonds is 6. The van der Waals surface area contributed by atoms with E-state index in [2.05, 4.69) is 42.4 Å². The molecule has 0 unspecified atom stereocenters. The summed E-state index contributed by atoms with van der Waals surface area (Å²) in [4.78, 5) is 18.4. The van der Waals surface area contributed by atoms with Crippen molar-refractivity contribution in [3.05, 3.63) is 46.8 Å². The average Bonchev–Trinajstić information content (AvgIpc) is 2.98. The molecule has 2 aromatic rings. The molecule has 0 atom stereocenters. The summed E-state index contributed by atoms with van der Waals surface area (Å²) in [6, 6.07) is 12.5. The molecule has 2 rings (SSSR count). The molecule has 0 aliphatic rings. The maximum absolute atomic E-state index is 11.2. The first-order valence-corrected chi connectivity index (χ1v) is 7.91. The van der Waals surface area contributed by atoms with Gasteiger partial charge in [0.1, 0.15) is 0 Å². The maximum atomic E-state index is 11.2. The summed E-state index contributed by atoms with van der Waals surface area (Å²) in [5.41, 5.74) is 3.17. The van der Waals surface area contributed by atoms with Gasteiger partial charge in [-0.05, 0) is 38.5 Å². The summed E-state index contributed by atoms with van der Waals surface area (Å²) in [7, 11) is 0. The quantitative estimate of drug-likeness (QED) is 0.459. The van der Waals surface area contributed by atoms with Crippen molar-refractivity contribution in [2.24, 2.45) is 5.16 Å². The van der Waals surface area contributed by atoms with E-state index < -0.39 is 5.97 Å². The highest BCUT2D eigenvalue weighted by Gasteiger charge is 2.07. The highest BCUT2D eigenvalue weighted by atomic mass is 32.1. The normalized spacial score (nSPS) is 11.3. The lowest BCUT2D eigenvalue weighted by Gasteiger charge is -2.01. The van der Waals surface area contributed by atoms with Crippen LogP contribution in [0, 0.1) is 6.92 Å². The maximum Gasteiger partial charge on any atom is 0.347 e. The minimum Gasteiger partial charge on any atom is -0.463 e. The van der Waals surface area contributed by atoms with Crippen molar-refractivity contribution in [3.8, 4) is 10.4 Å². The van der Waals surface area contributed by atoms with Crippen LogP contribution in [0.5, 0.6) is 0 Å². The largest absolute Gasteiger partial charge is 0.463 e. The predicted molar refractivity (Wildman–Crippen MR) is 89.3 cm³/mol. The molecule has 5 heteroatoms. The zero-order valence-corrected chi connectivity index (χ0v) is 13.8. The summed E-state index contributed by atoms with van der Waals surface area (Å²) in [6.07, 6.45) is 0. The zero-order valence-electron chi connectivity index (χ0n) is 13.0. The van der Waals surface area contributed by atoms with Crippen LogP contribution in [0.15, 0.2) is 41.6 Å². The number of esters is 1. The first-order chi connectivity index (χ1) is 10.6. The van der Waals surface area contributed by atoms with Crippen LogP contribution in [-0.2, 0) is 14.4 Å². The molecule has 0 amide bonds. The van der Waals surface area contributed by atoms with Crippen molar-refractivity contribution in [3.63, 3.8) is 0 Å². The Labute approximate surface area is 134 Å². The molecule has 1 aromatic heterocycles. The van der Waals surface area contributed by atoms with E-state index in [0.29, 0.717) is 6.61 Å². The van der Waals surface area contributed by atoms with Crippen LogP contribution in [0.3, 0.4) is 0 Å². The predicted octanol–water partition coefficient (Wildman–Crippen LogP) is 4.03. The average molecular weight is 317 g/mol. The topological polar surface area (TPSA) is 47.9 Å². The van der Waals surface area contributed by atoms with Crippen molar-refractivity contribution in [2.75, 3.05) is 13.2 Å². The first kappa shape index (κ1) is 16.2. The van der Waals surface area contributed by atoms with E-state index in [4.69, 9.17) is 9.57 Å². The lowest BCUT2D eigenvalue weighted by atomic mass is 10.1. The summed E-state index contributed by atoms with van der Waals surface area (Å²) in [6.45, 7) is 5.86. The highest BCUT2D eigenvalue weighted by Crippen LogP contribution is 2.28. The Hall–Kier alpha value is -2.14. The number of hydrogen-bond donors (Lipinski definition) is 0. The molecule has 1 heterocycles. The standard InChI is InChI=1S/C17H19NO3S/c1-4-20-17(19)11-21-18-13(3)15-9-10-16(22-15)14-7-5-12(2)6-8-14/h5-10H,4,11H2,1-3H3/b18-13-. The Morgan fingerprint density at radius 2 is 1.91 bits per heavy atom. The molecule has 4 nitrogen and oxygen atoms in total. The second-order valence-electron chi connectivity index (χ2n) is 4.79. The Balaban J connectivity index is 2.01. The van der Waals surface area contributed by atoms with Crippen molar-refractivity contribution < 1.29 is 14.4 Å². The van der Waals surface area contributed by atoms with Gasteiger partial charge in [0, 0.05) is 4.88 Å². The smallest absolute Gasteiger partial charge is 0.347 e. The second kappa shape index (κ2) is 7.75. The van der Waals surface area contributed by atoms with Gasteiger partial charge in [0.15, 0.2) is 0 Å². The van der Waals surface area contributed by atoms with E-state index in [1.54, 1.807) is 18.3 Å². The minimum absolute atomic E-state index is 0.165. The third kappa shape index (κ3) is 4.43. The van der Waals surface area contributed by atoms with Gasteiger partial charge in [0.05, 0.1) is 17.2 Å². The molecular formula is C17H19NO3S. The molecular weight excluding hydrogens is 298 g/mol. The molecule has 0 saturated heterocycles. The van der Waals surface area contributed by atoms with Crippen LogP contribution >= 0.6 is 11.3 Å². The number of thiophene rings is 1.